The molecule has 0 saturated heterocycles. The van der Waals surface area contributed by atoms with Crippen LogP contribution in [0.25, 0.3) is 0 Å². The van der Waals surface area contributed by atoms with Crippen molar-refractivity contribution in [3.8, 4) is 0 Å². The van der Waals surface area contributed by atoms with Gasteiger partial charge in [0.15, 0.2) is 0 Å². The highest BCUT2D eigenvalue weighted by Gasteiger charge is 2.95. The van der Waals surface area contributed by atoms with E-state index < -0.39 is 80.9 Å². The summed E-state index contributed by atoms with van der Waals surface area (Å²) < 4.78 is 240. The average Bonchev–Trinajstić information content (AvgIpc) is 2.70. The molecule has 0 amide bonds. The van der Waals surface area contributed by atoms with E-state index in [1.54, 1.807) is 0 Å². The molecule has 0 radical (unpaired) electrons. The first-order valence-electron chi connectivity index (χ1n) is 8.88. The zero-order valence-corrected chi connectivity index (χ0v) is 19.0. The summed E-state index contributed by atoms with van der Waals surface area (Å²) in [4.78, 5) is 0. The highest BCUT2D eigenvalue weighted by Crippen LogP contribution is 2.64. The highest BCUT2D eigenvalue weighted by molar-refractivity contribution is 6.73. The van der Waals surface area contributed by atoms with E-state index in [4.69, 9.17) is 4.43 Å². The Morgan fingerprint density at radius 2 is 0.778 bits per heavy atom. The lowest BCUT2D eigenvalue weighted by molar-refractivity contribution is -0.461. The van der Waals surface area contributed by atoms with E-state index in [0.29, 0.717) is 0 Å². The molecule has 0 fully saturated rings. The monoisotopic (exact) mass is 596 g/mol. The van der Waals surface area contributed by atoms with Crippen molar-refractivity contribution in [1.29, 1.82) is 0 Å². The number of ether oxygens (including phenoxy) is 2. The summed E-state index contributed by atoms with van der Waals surface area (Å²) in [5, 5.41) is 0. The number of hydrogen-bond donors (Lipinski definition) is 0. The largest absolute Gasteiger partial charge is 0.460 e. The Morgan fingerprint density at radius 3 is 1.06 bits per heavy atom. The molecule has 0 aromatic heterocycles. The maximum absolute atomic E-state index is 14.0. The molecule has 0 spiro atoms. The van der Waals surface area contributed by atoms with Crippen LogP contribution in [-0.2, 0) is 13.9 Å². The van der Waals surface area contributed by atoms with Gasteiger partial charge in [0.2, 0.25) is 8.32 Å². The smallest absolute Gasteiger partial charge is 0.415 e. The molecule has 36 heavy (non-hydrogen) atoms. The van der Waals surface area contributed by atoms with Crippen molar-refractivity contribution in [3.05, 3.63) is 0 Å². The number of alkyl halides is 17. The van der Waals surface area contributed by atoms with Crippen molar-refractivity contribution in [3.63, 3.8) is 0 Å². The topological polar surface area (TPSA) is 27.7 Å². The maximum Gasteiger partial charge on any atom is 0.460 e. The first-order chi connectivity index (χ1) is 15.6. The van der Waals surface area contributed by atoms with Crippen LogP contribution >= 0.6 is 0 Å². The van der Waals surface area contributed by atoms with Crippen molar-refractivity contribution in [2.75, 3.05) is 33.8 Å². The number of hydrogen-bond acceptors (Lipinski definition) is 3. The Kier molecular flexibility index (Phi) is 9.92. The summed E-state index contributed by atoms with van der Waals surface area (Å²) in [5.74, 6) is -56.4. The molecule has 3 nitrogen and oxygen atoms in total. The van der Waals surface area contributed by atoms with Gasteiger partial charge >= 0.3 is 47.6 Å². The van der Waals surface area contributed by atoms with E-state index in [2.05, 4.69) is 9.47 Å². The number of halogens is 17. The molecule has 0 unspecified atom stereocenters. The molecule has 0 N–H and O–H groups in total. The minimum Gasteiger partial charge on any atom is -0.415 e. The molecule has 0 heterocycles. The maximum atomic E-state index is 14.0. The van der Waals surface area contributed by atoms with E-state index in [0.717, 1.165) is 21.3 Å². The van der Waals surface area contributed by atoms with Gasteiger partial charge in [0.1, 0.15) is 0 Å². The first-order valence-corrected chi connectivity index (χ1v) is 11.4. The SMILES string of the molecule is COC[Si](CCC(F)(F)C(F)(F)C(F)(F)C(F)(F)C(F)(F)C(F)(F)C(F)(F)C(F)(F)F)(COC)OC. The summed E-state index contributed by atoms with van der Waals surface area (Å²) in [6.07, 6.45) is -11.7. The van der Waals surface area contributed by atoms with Crippen LogP contribution in [0.15, 0.2) is 0 Å². The van der Waals surface area contributed by atoms with Crippen molar-refractivity contribution < 1.29 is 88.5 Å². The zero-order chi connectivity index (χ0) is 29.4. The van der Waals surface area contributed by atoms with E-state index >= 15 is 0 Å². The second kappa shape index (κ2) is 10.2. The fourth-order valence-corrected chi connectivity index (χ4v) is 5.30. The van der Waals surface area contributed by atoms with Gasteiger partial charge in [-0.05, 0) is 6.04 Å². The molecule has 218 valence electrons. The molecule has 21 heteroatoms. The molecule has 0 atom stereocenters. The van der Waals surface area contributed by atoms with Gasteiger partial charge in [-0.15, -0.1) is 0 Å². The third kappa shape index (κ3) is 5.25. The molecule has 0 bridgehead atoms. The predicted octanol–water partition coefficient (Wildman–Crippen LogP) is 6.35. The Hall–Kier alpha value is -1.09. The van der Waals surface area contributed by atoms with Crippen molar-refractivity contribution >= 4 is 8.32 Å². The van der Waals surface area contributed by atoms with Gasteiger partial charge in [-0.3, -0.25) is 0 Å². The van der Waals surface area contributed by atoms with E-state index in [9.17, 15) is 74.6 Å². The van der Waals surface area contributed by atoms with Crippen LogP contribution < -0.4 is 0 Å². The van der Waals surface area contributed by atoms with Crippen LogP contribution in [0.2, 0.25) is 6.04 Å². The number of methoxy groups -OCH3 is 2. The Labute approximate surface area is 192 Å². The Balaban J connectivity index is 6.55. The summed E-state index contributed by atoms with van der Waals surface area (Å²) in [6, 6.07) is -1.38. The third-order valence-electron chi connectivity index (χ3n) is 4.93. The quantitative estimate of drug-likeness (QED) is 0.173. The summed E-state index contributed by atoms with van der Waals surface area (Å²) >= 11 is 0. The second-order valence-electron chi connectivity index (χ2n) is 7.40. The third-order valence-corrected chi connectivity index (χ3v) is 8.59. The van der Waals surface area contributed by atoms with Crippen molar-refractivity contribution in [1.82, 2.24) is 0 Å². The van der Waals surface area contributed by atoms with Crippen LogP contribution in [0.1, 0.15) is 6.42 Å². The Morgan fingerprint density at radius 1 is 0.472 bits per heavy atom. The van der Waals surface area contributed by atoms with Gasteiger partial charge < -0.3 is 13.9 Å². The molecule has 0 aromatic carbocycles. The lowest BCUT2D eigenvalue weighted by atomic mass is 9.88. The van der Waals surface area contributed by atoms with Crippen LogP contribution in [0.5, 0.6) is 0 Å². The molecule has 0 aliphatic rings. The van der Waals surface area contributed by atoms with Crippen LogP contribution in [-0.4, -0.2) is 89.7 Å². The first kappa shape index (κ1) is 34.9. The van der Waals surface area contributed by atoms with Crippen molar-refractivity contribution in [2.24, 2.45) is 0 Å². The molecular formula is C15H17F17O3Si. The lowest BCUT2D eigenvalue weighted by Crippen LogP contribution is -2.74. The normalized spacial score (nSPS) is 16.0. The molecule has 0 saturated carbocycles. The summed E-state index contributed by atoms with van der Waals surface area (Å²) in [5.41, 5.74) is 0. The van der Waals surface area contributed by atoms with Gasteiger partial charge in [-0.2, -0.15) is 74.6 Å². The van der Waals surface area contributed by atoms with Gasteiger partial charge in [-0.25, -0.2) is 0 Å². The fraction of sp³-hybridized carbons (Fsp3) is 1.00. The molecular weight excluding hydrogens is 579 g/mol. The lowest BCUT2D eigenvalue weighted by Gasteiger charge is -2.43. The summed E-state index contributed by atoms with van der Waals surface area (Å²) in [6.45, 7) is 0. The number of rotatable bonds is 14. The second-order valence-corrected chi connectivity index (χ2v) is 11.3. The van der Waals surface area contributed by atoms with Crippen LogP contribution in [0.4, 0.5) is 74.6 Å². The highest BCUT2D eigenvalue weighted by atomic mass is 28.4. The molecule has 0 aliphatic heterocycles. The molecule has 0 aliphatic carbocycles. The van der Waals surface area contributed by atoms with Crippen LogP contribution in [0.3, 0.4) is 0 Å². The van der Waals surface area contributed by atoms with Gasteiger partial charge in [-0.1, -0.05) is 0 Å². The van der Waals surface area contributed by atoms with Gasteiger partial charge in [0.25, 0.3) is 0 Å². The predicted molar refractivity (Wildman–Crippen MR) is 86.6 cm³/mol. The molecule has 0 rings (SSSR count). The van der Waals surface area contributed by atoms with E-state index in [1.807, 2.05) is 0 Å². The minimum absolute atomic E-state index is 0.650. The van der Waals surface area contributed by atoms with Crippen LogP contribution in [0, 0.1) is 0 Å². The van der Waals surface area contributed by atoms with Gasteiger partial charge in [0, 0.05) is 27.8 Å². The van der Waals surface area contributed by atoms with E-state index in [-0.39, 0.29) is 0 Å². The fourth-order valence-electron chi connectivity index (χ4n) is 2.67. The Bertz CT molecular complexity index is 731. The van der Waals surface area contributed by atoms with Gasteiger partial charge in [0.05, 0.1) is 12.5 Å². The summed E-state index contributed by atoms with van der Waals surface area (Å²) in [7, 11) is -1.20. The molecule has 0 aromatic rings. The van der Waals surface area contributed by atoms with E-state index in [1.165, 1.54) is 0 Å². The average molecular weight is 596 g/mol. The standard InChI is InChI=1S/C15H17F17O3Si/c1-33-6-36(35-3,7-34-2)5-4-8(16,17)9(18,19)10(20,21)11(22,23)12(24,25)13(26,27)14(28,29)15(30,31)32/h4-7H2,1-3H3. The zero-order valence-electron chi connectivity index (χ0n) is 18.0. The van der Waals surface area contributed by atoms with Crippen molar-refractivity contribution in [2.45, 2.75) is 60.1 Å². The minimum atomic E-state index is -8.64.